The average Bonchev–Trinajstić information content (AvgIpc) is 2.49. The molecule has 0 saturated carbocycles. The van der Waals surface area contributed by atoms with Crippen molar-refractivity contribution in [2.45, 2.75) is 6.10 Å². The van der Waals surface area contributed by atoms with Crippen LogP contribution in [0.25, 0.3) is 0 Å². The highest BCUT2D eigenvalue weighted by Crippen LogP contribution is 2.28. The quantitative estimate of drug-likeness (QED) is 0.892. The van der Waals surface area contributed by atoms with E-state index < -0.39 is 6.10 Å². The van der Waals surface area contributed by atoms with Crippen LogP contribution in [0.15, 0.2) is 42.6 Å². The predicted octanol–water partition coefficient (Wildman–Crippen LogP) is 2.55. The van der Waals surface area contributed by atoms with Crippen molar-refractivity contribution < 1.29 is 9.53 Å². The Labute approximate surface area is 120 Å². The van der Waals surface area contributed by atoms with Crippen LogP contribution in [0.3, 0.4) is 0 Å². The Balaban J connectivity index is 1.72. The smallest absolute Gasteiger partial charge is 0.268 e. The number of hydrogen-bond acceptors (Lipinski definition) is 4. The molecule has 1 atom stereocenters. The molecule has 3 rings (SSSR count). The number of anilines is 2. The molecular weight excluding hydrogens is 278 g/mol. The number of nitrogens with zero attached hydrogens (tertiary/aromatic N) is 1. The number of aromatic nitrogens is 1. The van der Waals surface area contributed by atoms with Gasteiger partial charge in [0.25, 0.3) is 5.91 Å². The molecular formula is C14H12ClN3O2. The molecule has 1 aliphatic rings. The summed E-state index contributed by atoms with van der Waals surface area (Å²) in [5, 5.41) is 6.21. The molecule has 0 spiro atoms. The Morgan fingerprint density at radius 1 is 1.35 bits per heavy atom. The first-order valence-electron chi connectivity index (χ1n) is 6.15. The summed E-state index contributed by atoms with van der Waals surface area (Å²) in [5.41, 5.74) is 0.882. The van der Waals surface area contributed by atoms with Crippen molar-refractivity contribution in [1.82, 2.24) is 4.98 Å². The zero-order valence-corrected chi connectivity index (χ0v) is 11.2. The maximum atomic E-state index is 12.2. The molecule has 6 heteroatoms. The normalized spacial score (nSPS) is 16.6. The lowest BCUT2D eigenvalue weighted by Crippen LogP contribution is -2.41. The first-order chi connectivity index (χ1) is 9.74. The summed E-state index contributed by atoms with van der Waals surface area (Å²) in [6.07, 6.45) is 0.944. The van der Waals surface area contributed by atoms with Gasteiger partial charge in [0.05, 0.1) is 17.3 Å². The minimum atomic E-state index is -0.622. The number of benzene rings is 1. The van der Waals surface area contributed by atoms with Gasteiger partial charge in [0.1, 0.15) is 5.75 Å². The number of carbonyl (C=O) groups excluding carboxylic acids is 1. The number of hydrogen-bond donors (Lipinski definition) is 2. The summed E-state index contributed by atoms with van der Waals surface area (Å²) in [5.74, 6) is 0.709. The van der Waals surface area contributed by atoms with E-state index in [1.165, 1.54) is 0 Å². The Kier molecular flexibility index (Phi) is 3.43. The summed E-state index contributed by atoms with van der Waals surface area (Å²) in [7, 11) is 0. The van der Waals surface area contributed by atoms with Crippen molar-refractivity contribution in [2.75, 3.05) is 17.2 Å². The van der Waals surface area contributed by atoms with Gasteiger partial charge in [-0.1, -0.05) is 23.7 Å². The molecule has 2 heterocycles. The molecule has 1 unspecified atom stereocenters. The van der Waals surface area contributed by atoms with E-state index in [1.807, 2.05) is 24.3 Å². The lowest BCUT2D eigenvalue weighted by molar-refractivity contribution is -0.122. The van der Waals surface area contributed by atoms with E-state index in [0.717, 1.165) is 5.69 Å². The van der Waals surface area contributed by atoms with Crippen LogP contribution >= 0.6 is 11.6 Å². The second-order valence-corrected chi connectivity index (χ2v) is 4.71. The summed E-state index contributed by atoms with van der Waals surface area (Å²) in [6, 6.07) is 10.8. The van der Waals surface area contributed by atoms with Gasteiger partial charge in [0.15, 0.2) is 11.9 Å². The van der Waals surface area contributed by atoms with E-state index in [1.54, 1.807) is 18.3 Å². The van der Waals surface area contributed by atoms with Crippen LogP contribution in [0.4, 0.5) is 11.5 Å². The SMILES string of the molecule is O=C(Nc1ncccc1Cl)C1CNc2ccccc2O1. The standard InChI is InChI=1S/C14H12ClN3O2/c15-9-4-3-7-16-13(9)18-14(19)12-8-17-10-5-1-2-6-11(10)20-12/h1-7,12,17H,8H2,(H,16,18,19). The molecule has 0 fully saturated rings. The Hall–Kier alpha value is -2.27. The third kappa shape index (κ3) is 2.53. The fourth-order valence-electron chi connectivity index (χ4n) is 1.93. The molecule has 2 aromatic rings. The molecule has 2 N–H and O–H groups in total. The van der Waals surface area contributed by atoms with Gasteiger partial charge in [-0.3, -0.25) is 4.79 Å². The number of halogens is 1. The Bertz CT molecular complexity index is 648. The maximum Gasteiger partial charge on any atom is 0.268 e. The van der Waals surface area contributed by atoms with E-state index >= 15 is 0 Å². The number of fused-ring (bicyclic) bond motifs is 1. The van der Waals surface area contributed by atoms with Crippen molar-refractivity contribution in [1.29, 1.82) is 0 Å². The van der Waals surface area contributed by atoms with Gasteiger partial charge in [-0.15, -0.1) is 0 Å². The number of amides is 1. The van der Waals surface area contributed by atoms with Gasteiger partial charge in [0.2, 0.25) is 0 Å². The summed E-state index contributed by atoms with van der Waals surface area (Å²) in [4.78, 5) is 16.2. The maximum absolute atomic E-state index is 12.2. The Morgan fingerprint density at radius 3 is 3.05 bits per heavy atom. The van der Waals surface area contributed by atoms with Crippen LogP contribution in [0, 0.1) is 0 Å². The molecule has 1 aromatic carbocycles. The topological polar surface area (TPSA) is 63.2 Å². The molecule has 1 aromatic heterocycles. The first kappa shape index (κ1) is 12.7. The Morgan fingerprint density at radius 2 is 2.20 bits per heavy atom. The lowest BCUT2D eigenvalue weighted by Gasteiger charge is -2.26. The highest BCUT2D eigenvalue weighted by Gasteiger charge is 2.26. The molecule has 20 heavy (non-hydrogen) atoms. The third-order valence-corrected chi connectivity index (χ3v) is 3.23. The van der Waals surface area contributed by atoms with Crippen LogP contribution in [-0.4, -0.2) is 23.5 Å². The highest BCUT2D eigenvalue weighted by molar-refractivity contribution is 6.33. The van der Waals surface area contributed by atoms with Crippen LogP contribution < -0.4 is 15.4 Å². The van der Waals surface area contributed by atoms with Gasteiger partial charge in [-0.05, 0) is 24.3 Å². The van der Waals surface area contributed by atoms with Crippen molar-refractivity contribution in [3.8, 4) is 5.75 Å². The highest BCUT2D eigenvalue weighted by atomic mass is 35.5. The largest absolute Gasteiger partial charge is 0.477 e. The molecule has 102 valence electrons. The number of ether oxygens (including phenoxy) is 1. The lowest BCUT2D eigenvalue weighted by atomic mass is 10.2. The number of nitrogens with one attached hydrogen (secondary N) is 2. The minimum Gasteiger partial charge on any atom is -0.477 e. The first-order valence-corrected chi connectivity index (χ1v) is 6.53. The van der Waals surface area contributed by atoms with Crippen molar-refractivity contribution >= 4 is 29.0 Å². The molecule has 0 radical (unpaired) electrons. The fraction of sp³-hybridized carbons (Fsp3) is 0.143. The van der Waals surface area contributed by atoms with Gasteiger partial charge < -0.3 is 15.4 Å². The molecule has 0 bridgehead atoms. The van der Waals surface area contributed by atoms with E-state index in [4.69, 9.17) is 16.3 Å². The number of para-hydroxylation sites is 2. The molecule has 5 nitrogen and oxygen atoms in total. The summed E-state index contributed by atoms with van der Waals surface area (Å²) in [6.45, 7) is 0.396. The van der Waals surface area contributed by atoms with Gasteiger partial charge in [-0.25, -0.2) is 4.98 Å². The molecule has 0 aliphatic carbocycles. The van der Waals surface area contributed by atoms with Gasteiger partial charge in [-0.2, -0.15) is 0 Å². The summed E-state index contributed by atoms with van der Waals surface area (Å²) >= 11 is 5.95. The van der Waals surface area contributed by atoms with Gasteiger partial charge in [0, 0.05) is 6.20 Å². The van der Waals surface area contributed by atoms with Crippen LogP contribution in [0.1, 0.15) is 0 Å². The van der Waals surface area contributed by atoms with E-state index in [2.05, 4.69) is 15.6 Å². The second kappa shape index (κ2) is 5.38. The number of rotatable bonds is 2. The third-order valence-electron chi connectivity index (χ3n) is 2.93. The van der Waals surface area contributed by atoms with Crippen LogP contribution in [0.5, 0.6) is 5.75 Å². The molecule has 1 amide bonds. The molecule has 1 aliphatic heterocycles. The van der Waals surface area contributed by atoms with Crippen LogP contribution in [0.2, 0.25) is 5.02 Å². The zero-order chi connectivity index (χ0) is 13.9. The van der Waals surface area contributed by atoms with E-state index in [-0.39, 0.29) is 5.91 Å². The predicted molar refractivity (Wildman–Crippen MR) is 77.2 cm³/mol. The molecule has 0 saturated heterocycles. The monoisotopic (exact) mass is 289 g/mol. The van der Waals surface area contributed by atoms with Crippen molar-refractivity contribution in [2.24, 2.45) is 0 Å². The van der Waals surface area contributed by atoms with E-state index in [9.17, 15) is 4.79 Å². The van der Waals surface area contributed by atoms with Crippen molar-refractivity contribution in [3.63, 3.8) is 0 Å². The minimum absolute atomic E-state index is 0.285. The van der Waals surface area contributed by atoms with Gasteiger partial charge >= 0.3 is 0 Å². The average molecular weight is 290 g/mol. The van der Waals surface area contributed by atoms with Crippen molar-refractivity contribution in [3.05, 3.63) is 47.6 Å². The van der Waals surface area contributed by atoms with E-state index in [0.29, 0.717) is 23.1 Å². The number of carbonyl (C=O) groups is 1. The van der Waals surface area contributed by atoms with Crippen LogP contribution in [-0.2, 0) is 4.79 Å². The number of pyridine rings is 1. The second-order valence-electron chi connectivity index (χ2n) is 4.31. The zero-order valence-electron chi connectivity index (χ0n) is 10.5. The summed E-state index contributed by atoms with van der Waals surface area (Å²) < 4.78 is 5.66. The fourth-order valence-corrected chi connectivity index (χ4v) is 2.10.